The molecule has 2 heterocycles. The van der Waals surface area contributed by atoms with Crippen LogP contribution in [0.15, 0.2) is 18.3 Å². The zero-order chi connectivity index (χ0) is 12.3. The fourth-order valence-electron chi connectivity index (χ4n) is 1.86. The maximum absolute atomic E-state index is 11.3. The SMILES string of the molecule is NC(=S)c1ncccc1CN1CCNC(=O)C1. The van der Waals surface area contributed by atoms with Crippen molar-refractivity contribution in [3.05, 3.63) is 29.6 Å². The molecule has 1 fully saturated rings. The molecule has 0 atom stereocenters. The van der Waals surface area contributed by atoms with E-state index >= 15 is 0 Å². The summed E-state index contributed by atoms with van der Waals surface area (Å²) < 4.78 is 0. The first kappa shape index (κ1) is 11.9. The molecule has 5 nitrogen and oxygen atoms in total. The second-order valence-corrected chi connectivity index (χ2v) is 4.38. The molecule has 2 rings (SSSR count). The molecule has 1 aliphatic heterocycles. The minimum Gasteiger partial charge on any atom is -0.388 e. The Morgan fingerprint density at radius 1 is 1.65 bits per heavy atom. The van der Waals surface area contributed by atoms with E-state index in [0.29, 0.717) is 30.3 Å². The number of hydrogen-bond acceptors (Lipinski definition) is 4. The molecule has 0 aliphatic carbocycles. The number of rotatable bonds is 3. The average molecular weight is 250 g/mol. The summed E-state index contributed by atoms with van der Waals surface area (Å²) in [5, 5.41) is 2.79. The second-order valence-electron chi connectivity index (χ2n) is 3.94. The monoisotopic (exact) mass is 250 g/mol. The number of nitrogens with zero attached hydrogens (tertiary/aromatic N) is 2. The van der Waals surface area contributed by atoms with Gasteiger partial charge in [-0.05, 0) is 11.6 Å². The van der Waals surface area contributed by atoms with E-state index in [4.69, 9.17) is 18.0 Å². The van der Waals surface area contributed by atoms with E-state index < -0.39 is 0 Å². The molecule has 0 aromatic carbocycles. The van der Waals surface area contributed by atoms with Gasteiger partial charge in [-0.3, -0.25) is 14.7 Å². The van der Waals surface area contributed by atoms with Gasteiger partial charge in [-0.15, -0.1) is 0 Å². The fraction of sp³-hybridized carbons (Fsp3) is 0.364. The lowest BCUT2D eigenvalue weighted by Gasteiger charge is -2.26. The van der Waals surface area contributed by atoms with Crippen molar-refractivity contribution in [1.29, 1.82) is 0 Å². The molecule has 0 radical (unpaired) electrons. The number of hydrogen-bond donors (Lipinski definition) is 2. The molecule has 1 aliphatic rings. The van der Waals surface area contributed by atoms with Crippen LogP contribution in [0.25, 0.3) is 0 Å². The molecule has 17 heavy (non-hydrogen) atoms. The number of nitrogens with two attached hydrogens (primary N) is 1. The van der Waals surface area contributed by atoms with E-state index in [1.807, 2.05) is 12.1 Å². The predicted molar refractivity (Wildman–Crippen MR) is 68.4 cm³/mol. The first-order valence-corrected chi connectivity index (χ1v) is 5.80. The van der Waals surface area contributed by atoms with Gasteiger partial charge in [0.15, 0.2) is 0 Å². The number of carbonyl (C=O) groups excluding carboxylic acids is 1. The molecule has 1 aromatic rings. The summed E-state index contributed by atoms with van der Waals surface area (Å²) in [6, 6.07) is 3.79. The van der Waals surface area contributed by atoms with Crippen LogP contribution in [0.5, 0.6) is 0 Å². The molecule has 1 amide bonds. The highest BCUT2D eigenvalue weighted by Gasteiger charge is 2.17. The molecule has 0 saturated carbocycles. The Morgan fingerprint density at radius 3 is 3.18 bits per heavy atom. The first-order valence-electron chi connectivity index (χ1n) is 5.39. The van der Waals surface area contributed by atoms with Crippen molar-refractivity contribution in [1.82, 2.24) is 15.2 Å². The topological polar surface area (TPSA) is 71.2 Å². The molecular formula is C11H14N4OS. The van der Waals surface area contributed by atoms with E-state index in [9.17, 15) is 4.79 Å². The van der Waals surface area contributed by atoms with Gasteiger partial charge in [0, 0.05) is 25.8 Å². The summed E-state index contributed by atoms with van der Waals surface area (Å²) in [4.78, 5) is 17.8. The molecule has 90 valence electrons. The largest absolute Gasteiger partial charge is 0.388 e. The first-order chi connectivity index (χ1) is 8.16. The molecule has 0 bridgehead atoms. The van der Waals surface area contributed by atoms with Crippen molar-refractivity contribution >= 4 is 23.1 Å². The van der Waals surface area contributed by atoms with Crippen LogP contribution in [0.4, 0.5) is 0 Å². The van der Waals surface area contributed by atoms with Crippen molar-refractivity contribution < 1.29 is 4.79 Å². The molecule has 1 aromatic heterocycles. The standard InChI is InChI=1S/C11H14N4OS/c12-11(17)10-8(2-1-3-14-10)6-15-5-4-13-9(16)7-15/h1-3H,4-7H2,(H2,12,17)(H,13,16). The number of amides is 1. The molecule has 3 N–H and O–H groups in total. The Kier molecular flexibility index (Phi) is 3.65. The number of carbonyl (C=O) groups is 1. The van der Waals surface area contributed by atoms with Crippen LogP contribution >= 0.6 is 12.2 Å². The second kappa shape index (κ2) is 5.20. The van der Waals surface area contributed by atoms with Crippen molar-refractivity contribution in [3.63, 3.8) is 0 Å². The zero-order valence-electron chi connectivity index (χ0n) is 9.35. The van der Waals surface area contributed by atoms with E-state index in [1.54, 1.807) is 6.20 Å². The number of nitrogens with one attached hydrogen (secondary N) is 1. The van der Waals surface area contributed by atoms with Gasteiger partial charge in [-0.25, -0.2) is 0 Å². The van der Waals surface area contributed by atoms with Gasteiger partial charge in [-0.2, -0.15) is 0 Å². The maximum atomic E-state index is 11.3. The highest BCUT2D eigenvalue weighted by atomic mass is 32.1. The Hall–Kier alpha value is -1.53. The summed E-state index contributed by atoms with van der Waals surface area (Å²) >= 11 is 4.96. The van der Waals surface area contributed by atoms with Crippen molar-refractivity contribution in [2.75, 3.05) is 19.6 Å². The third-order valence-corrected chi connectivity index (χ3v) is 2.83. The van der Waals surface area contributed by atoms with Gasteiger partial charge in [0.25, 0.3) is 0 Å². The molecular weight excluding hydrogens is 236 g/mol. The lowest BCUT2D eigenvalue weighted by molar-refractivity contribution is -0.124. The predicted octanol–water partition coefficient (Wildman–Crippen LogP) is -0.352. The molecule has 1 saturated heterocycles. The smallest absolute Gasteiger partial charge is 0.234 e. The van der Waals surface area contributed by atoms with Crippen LogP contribution < -0.4 is 11.1 Å². The third-order valence-electron chi connectivity index (χ3n) is 2.64. The Balaban J connectivity index is 2.12. The van der Waals surface area contributed by atoms with Gasteiger partial charge in [0.05, 0.1) is 6.54 Å². The number of aromatic nitrogens is 1. The van der Waals surface area contributed by atoms with Crippen molar-refractivity contribution in [2.24, 2.45) is 5.73 Å². The van der Waals surface area contributed by atoms with E-state index in [-0.39, 0.29) is 5.91 Å². The summed E-state index contributed by atoms with van der Waals surface area (Å²) in [5.41, 5.74) is 7.23. The average Bonchev–Trinajstić information content (AvgIpc) is 2.29. The van der Waals surface area contributed by atoms with Crippen LogP contribution in [-0.4, -0.2) is 40.4 Å². The lowest BCUT2D eigenvalue weighted by Crippen LogP contribution is -2.47. The Labute approximate surface area is 105 Å². The van der Waals surface area contributed by atoms with Gasteiger partial charge in [-0.1, -0.05) is 18.3 Å². The summed E-state index contributed by atoms with van der Waals surface area (Å²) in [7, 11) is 0. The van der Waals surface area contributed by atoms with Gasteiger partial charge in [0.1, 0.15) is 10.7 Å². The van der Waals surface area contributed by atoms with Crippen molar-refractivity contribution in [2.45, 2.75) is 6.54 Å². The highest BCUT2D eigenvalue weighted by Crippen LogP contribution is 2.09. The molecule has 6 heteroatoms. The quantitative estimate of drug-likeness (QED) is 0.717. The minimum atomic E-state index is 0.0528. The number of pyridine rings is 1. The van der Waals surface area contributed by atoms with E-state index in [1.165, 1.54) is 0 Å². The fourth-order valence-corrected chi connectivity index (χ4v) is 2.04. The van der Waals surface area contributed by atoms with Gasteiger partial charge in [0.2, 0.25) is 5.91 Å². The van der Waals surface area contributed by atoms with E-state index in [0.717, 1.165) is 12.1 Å². The van der Waals surface area contributed by atoms with Crippen LogP contribution in [0.3, 0.4) is 0 Å². The highest BCUT2D eigenvalue weighted by molar-refractivity contribution is 7.80. The number of piperazine rings is 1. The van der Waals surface area contributed by atoms with Crippen LogP contribution in [-0.2, 0) is 11.3 Å². The zero-order valence-corrected chi connectivity index (χ0v) is 10.2. The van der Waals surface area contributed by atoms with Crippen molar-refractivity contribution in [3.8, 4) is 0 Å². The molecule has 0 unspecified atom stereocenters. The summed E-state index contributed by atoms with van der Waals surface area (Å²) in [6.45, 7) is 2.57. The lowest BCUT2D eigenvalue weighted by atomic mass is 10.1. The van der Waals surface area contributed by atoms with E-state index in [2.05, 4.69) is 15.2 Å². The van der Waals surface area contributed by atoms with Crippen LogP contribution in [0.2, 0.25) is 0 Å². The van der Waals surface area contributed by atoms with Gasteiger partial charge >= 0.3 is 0 Å². The maximum Gasteiger partial charge on any atom is 0.234 e. The normalized spacial score (nSPS) is 16.6. The van der Waals surface area contributed by atoms with Crippen LogP contribution in [0.1, 0.15) is 11.3 Å². The summed E-state index contributed by atoms with van der Waals surface area (Å²) in [5.74, 6) is 0.0528. The minimum absolute atomic E-state index is 0.0528. The third kappa shape index (κ3) is 2.98. The summed E-state index contributed by atoms with van der Waals surface area (Å²) in [6.07, 6.45) is 1.67. The van der Waals surface area contributed by atoms with Gasteiger partial charge < -0.3 is 11.1 Å². The number of thiocarbonyl (C=S) groups is 1. The Morgan fingerprint density at radius 2 is 2.47 bits per heavy atom. The van der Waals surface area contributed by atoms with Crippen LogP contribution in [0, 0.1) is 0 Å². The Bertz CT molecular complexity index is 449. The molecule has 0 spiro atoms.